The number of carbonyl (C=O) groups excluding carboxylic acids is 1. The maximum absolute atomic E-state index is 13.3. The first-order chi connectivity index (χ1) is 14.5. The first-order valence-corrected chi connectivity index (χ1v) is 11.0. The van der Waals surface area contributed by atoms with Gasteiger partial charge in [0.1, 0.15) is 11.5 Å². The van der Waals surface area contributed by atoms with E-state index in [0.717, 1.165) is 44.4 Å². The molecule has 2 aromatic carbocycles. The second-order valence-corrected chi connectivity index (χ2v) is 8.72. The van der Waals surface area contributed by atoms with Gasteiger partial charge in [-0.3, -0.25) is 4.79 Å². The number of benzene rings is 2. The number of carbonyl (C=O) groups is 1. The van der Waals surface area contributed by atoms with Crippen molar-refractivity contribution < 1.29 is 9.18 Å². The SMILES string of the molecule is O=C(NCCN1CCC(Cc2ccc(Cl)c(Cl)c2)CC1)c1cc2cc(F)ccc2[nH]1. The number of amides is 1. The highest BCUT2D eigenvalue weighted by molar-refractivity contribution is 6.42. The van der Waals surface area contributed by atoms with Crippen molar-refractivity contribution in [1.82, 2.24) is 15.2 Å². The van der Waals surface area contributed by atoms with Gasteiger partial charge in [-0.1, -0.05) is 29.3 Å². The monoisotopic (exact) mass is 447 g/mol. The summed E-state index contributed by atoms with van der Waals surface area (Å²) in [6.07, 6.45) is 3.27. The Morgan fingerprint density at radius 3 is 2.67 bits per heavy atom. The van der Waals surface area contributed by atoms with Gasteiger partial charge in [0.2, 0.25) is 0 Å². The van der Waals surface area contributed by atoms with Crippen LogP contribution in [0.4, 0.5) is 4.39 Å². The molecule has 0 bridgehead atoms. The Morgan fingerprint density at radius 2 is 1.90 bits per heavy atom. The third-order valence-corrected chi connectivity index (χ3v) is 6.50. The molecule has 0 aliphatic carbocycles. The summed E-state index contributed by atoms with van der Waals surface area (Å²) in [7, 11) is 0. The number of H-pyrrole nitrogens is 1. The minimum atomic E-state index is -0.309. The number of fused-ring (bicyclic) bond motifs is 1. The summed E-state index contributed by atoms with van der Waals surface area (Å²) in [6, 6.07) is 12.0. The number of aromatic nitrogens is 1. The van der Waals surface area contributed by atoms with E-state index in [1.165, 1.54) is 17.7 Å². The van der Waals surface area contributed by atoms with Crippen LogP contribution in [0.25, 0.3) is 10.9 Å². The van der Waals surface area contributed by atoms with Gasteiger partial charge in [0, 0.05) is 24.0 Å². The Balaban J connectivity index is 1.20. The fraction of sp³-hybridized carbons (Fsp3) is 0.348. The van der Waals surface area contributed by atoms with Gasteiger partial charge in [0.05, 0.1) is 10.0 Å². The van der Waals surface area contributed by atoms with Gasteiger partial charge in [-0.15, -0.1) is 0 Å². The summed E-state index contributed by atoms with van der Waals surface area (Å²) in [5.41, 5.74) is 2.44. The van der Waals surface area contributed by atoms with Crippen LogP contribution in [0.5, 0.6) is 0 Å². The first-order valence-electron chi connectivity index (χ1n) is 10.2. The summed E-state index contributed by atoms with van der Waals surface area (Å²) in [5, 5.41) is 4.86. The Bertz CT molecular complexity index is 1040. The normalized spacial score (nSPS) is 15.6. The van der Waals surface area contributed by atoms with E-state index in [1.54, 1.807) is 12.1 Å². The van der Waals surface area contributed by atoms with Crippen LogP contribution < -0.4 is 5.32 Å². The lowest BCUT2D eigenvalue weighted by Crippen LogP contribution is -2.40. The van der Waals surface area contributed by atoms with Gasteiger partial charge in [0.15, 0.2) is 0 Å². The van der Waals surface area contributed by atoms with Crippen LogP contribution in [0.2, 0.25) is 10.0 Å². The average Bonchev–Trinajstić information content (AvgIpc) is 3.15. The number of nitrogens with zero attached hydrogens (tertiary/aromatic N) is 1. The molecule has 1 fully saturated rings. The average molecular weight is 448 g/mol. The molecule has 4 nitrogen and oxygen atoms in total. The maximum Gasteiger partial charge on any atom is 0.267 e. The molecule has 1 saturated heterocycles. The predicted molar refractivity (Wildman–Crippen MR) is 120 cm³/mol. The van der Waals surface area contributed by atoms with E-state index in [9.17, 15) is 9.18 Å². The van der Waals surface area contributed by atoms with Gasteiger partial charge in [-0.05, 0) is 80.2 Å². The van der Waals surface area contributed by atoms with Gasteiger partial charge in [-0.25, -0.2) is 4.39 Å². The quantitative estimate of drug-likeness (QED) is 0.538. The van der Waals surface area contributed by atoms with Gasteiger partial charge in [-0.2, -0.15) is 0 Å². The Morgan fingerprint density at radius 1 is 1.10 bits per heavy atom. The van der Waals surface area contributed by atoms with Crippen molar-refractivity contribution in [2.24, 2.45) is 5.92 Å². The third kappa shape index (κ3) is 5.15. The Kier molecular flexibility index (Phi) is 6.61. The molecule has 0 saturated carbocycles. The van der Waals surface area contributed by atoms with Crippen LogP contribution in [-0.2, 0) is 6.42 Å². The molecule has 0 spiro atoms. The van der Waals surface area contributed by atoms with Crippen molar-refractivity contribution in [2.75, 3.05) is 26.2 Å². The molecule has 3 aromatic rings. The number of piperidine rings is 1. The molecule has 1 aromatic heterocycles. The van der Waals surface area contributed by atoms with Crippen molar-refractivity contribution >= 4 is 40.0 Å². The van der Waals surface area contributed by atoms with E-state index in [2.05, 4.69) is 21.3 Å². The summed E-state index contributed by atoms with van der Waals surface area (Å²) in [4.78, 5) is 17.8. The van der Waals surface area contributed by atoms with E-state index in [4.69, 9.17) is 23.2 Å². The lowest BCUT2D eigenvalue weighted by Gasteiger charge is -2.32. The molecular formula is C23H24Cl2FN3O. The number of halogens is 3. The van der Waals surface area contributed by atoms with Gasteiger partial charge < -0.3 is 15.2 Å². The fourth-order valence-corrected chi connectivity index (χ4v) is 4.38. The number of nitrogens with one attached hydrogen (secondary N) is 2. The Hall–Kier alpha value is -2.08. The molecule has 158 valence electrons. The summed E-state index contributed by atoms with van der Waals surface area (Å²) < 4.78 is 13.3. The maximum atomic E-state index is 13.3. The van der Waals surface area contributed by atoms with Gasteiger partial charge >= 0.3 is 0 Å². The lowest BCUT2D eigenvalue weighted by molar-refractivity contribution is 0.0940. The lowest BCUT2D eigenvalue weighted by atomic mass is 9.90. The smallest absolute Gasteiger partial charge is 0.267 e. The summed E-state index contributed by atoms with van der Waals surface area (Å²) >= 11 is 12.1. The fourth-order valence-electron chi connectivity index (χ4n) is 4.06. The molecule has 1 aliphatic heterocycles. The molecule has 2 heterocycles. The van der Waals surface area contributed by atoms with Crippen molar-refractivity contribution in [3.05, 3.63) is 69.6 Å². The standard InChI is InChI=1S/C23H24Cl2FN3O/c24-19-3-1-16(12-20(19)25)11-15-5-8-29(9-6-15)10-7-27-23(30)22-14-17-13-18(26)2-4-21(17)28-22/h1-4,12-15,28H,5-11H2,(H,27,30). The zero-order valence-corrected chi connectivity index (χ0v) is 18.1. The highest BCUT2D eigenvalue weighted by Crippen LogP contribution is 2.26. The van der Waals surface area contributed by atoms with Crippen molar-refractivity contribution in [2.45, 2.75) is 19.3 Å². The minimum absolute atomic E-state index is 0.166. The number of rotatable bonds is 6. The Labute approximate surface area is 185 Å². The molecule has 0 radical (unpaired) electrons. The number of hydrogen-bond donors (Lipinski definition) is 2. The predicted octanol–water partition coefficient (Wildman–Crippen LogP) is 5.30. The molecular weight excluding hydrogens is 424 g/mol. The van der Waals surface area contributed by atoms with Gasteiger partial charge in [0.25, 0.3) is 5.91 Å². The zero-order valence-electron chi connectivity index (χ0n) is 16.6. The number of hydrogen-bond acceptors (Lipinski definition) is 2. The van der Waals surface area contributed by atoms with Crippen molar-refractivity contribution in [1.29, 1.82) is 0 Å². The summed E-state index contributed by atoms with van der Waals surface area (Å²) in [5.74, 6) is 0.164. The topological polar surface area (TPSA) is 48.1 Å². The third-order valence-electron chi connectivity index (χ3n) is 5.76. The largest absolute Gasteiger partial charge is 0.351 e. The minimum Gasteiger partial charge on any atom is -0.351 e. The van der Waals surface area contributed by atoms with Crippen LogP contribution in [0.15, 0.2) is 42.5 Å². The van der Waals surface area contributed by atoms with E-state index in [-0.39, 0.29) is 11.7 Å². The van der Waals surface area contributed by atoms with E-state index < -0.39 is 0 Å². The molecule has 2 N–H and O–H groups in total. The van der Waals surface area contributed by atoms with Crippen LogP contribution >= 0.6 is 23.2 Å². The summed E-state index contributed by atoms with van der Waals surface area (Å²) in [6.45, 7) is 3.45. The molecule has 1 aliphatic rings. The van der Waals surface area contributed by atoms with Crippen LogP contribution in [0.1, 0.15) is 28.9 Å². The molecule has 7 heteroatoms. The van der Waals surface area contributed by atoms with E-state index >= 15 is 0 Å². The highest BCUT2D eigenvalue weighted by atomic mass is 35.5. The van der Waals surface area contributed by atoms with E-state index in [0.29, 0.717) is 33.6 Å². The number of aromatic amines is 1. The second-order valence-electron chi connectivity index (χ2n) is 7.91. The molecule has 0 atom stereocenters. The molecule has 1 amide bonds. The number of likely N-dealkylation sites (tertiary alicyclic amines) is 1. The second kappa shape index (κ2) is 9.38. The highest BCUT2D eigenvalue weighted by Gasteiger charge is 2.20. The first kappa shape index (κ1) is 21.2. The van der Waals surface area contributed by atoms with Crippen molar-refractivity contribution in [3.63, 3.8) is 0 Å². The molecule has 0 unspecified atom stereocenters. The molecule has 4 rings (SSSR count). The van der Waals surface area contributed by atoms with E-state index in [1.807, 2.05) is 12.1 Å². The zero-order chi connectivity index (χ0) is 21.1. The van der Waals surface area contributed by atoms with Crippen molar-refractivity contribution in [3.8, 4) is 0 Å². The van der Waals surface area contributed by atoms with Crippen LogP contribution in [0.3, 0.4) is 0 Å². The van der Waals surface area contributed by atoms with Crippen LogP contribution in [0, 0.1) is 11.7 Å². The molecule has 30 heavy (non-hydrogen) atoms. The van der Waals surface area contributed by atoms with Crippen LogP contribution in [-0.4, -0.2) is 42.0 Å².